The summed E-state index contributed by atoms with van der Waals surface area (Å²) in [6.45, 7) is 1.93. The van der Waals surface area contributed by atoms with Crippen LogP contribution in [-0.4, -0.2) is 31.3 Å². The highest BCUT2D eigenvalue weighted by atomic mass is 35.5. The second kappa shape index (κ2) is 11.9. The first-order chi connectivity index (χ1) is 16.4. The van der Waals surface area contributed by atoms with Gasteiger partial charge in [-0.1, -0.05) is 36.7 Å². The van der Waals surface area contributed by atoms with Gasteiger partial charge < -0.3 is 20.9 Å². The number of para-hydroxylation sites is 1. The molecule has 0 saturated heterocycles. The van der Waals surface area contributed by atoms with Gasteiger partial charge in [-0.25, -0.2) is 0 Å². The van der Waals surface area contributed by atoms with Crippen molar-refractivity contribution in [2.24, 2.45) is 0 Å². The molecule has 3 N–H and O–H groups in total. The van der Waals surface area contributed by atoms with Crippen LogP contribution in [0.15, 0.2) is 72.8 Å². The molecule has 3 rings (SSSR count). The van der Waals surface area contributed by atoms with E-state index in [-0.39, 0.29) is 24.3 Å². The van der Waals surface area contributed by atoms with Crippen molar-refractivity contribution in [1.29, 1.82) is 0 Å². The summed E-state index contributed by atoms with van der Waals surface area (Å²) in [5.41, 5.74) is 3.01. The first-order valence-corrected chi connectivity index (χ1v) is 11.3. The summed E-state index contributed by atoms with van der Waals surface area (Å²) < 4.78 is 0. The molecule has 0 bridgehead atoms. The lowest BCUT2D eigenvalue weighted by Crippen LogP contribution is -2.26. The van der Waals surface area contributed by atoms with Crippen LogP contribution in [0.2, 0.25) is 5.02 Å². The Balaban J connectivity index is 1.55. The molecule has 8 heteroatoms. The van der Waals surface area contributed by atoms with E-state index >= 15 is 0 Å². The van der Waals surface area contributed by atoms with Crippen molar-refractivity contribution < 1.29 is 14.4 Å². The lowest BCUT2D eigenvalue weighted by Gasteiger charge is -2.17. The second-order valence-corrected chi connectivity index (χ2v) is 8.08. The topological polar surface area (TPSA) is 90.5 Å². The molecular formula is C26H27ClN4O3. The van der Waals surface area contributed by atoms with Crippen molar-refractivity contribution >= 4 is 52.1 Å². The van der Waals surface area contributed by atoms with Crippen LogP contribution in [0.1, 0.15) is 30.1 Å². The van der Waals surface area contributed by atoms with Gasteiger partial charge in [-0.15, -0.1) is 0 Å². The zero-order valence-corrected chi connectivity index (χ0v) is 19.9. The van der Waals surface area contributed by atoms with Crippen molar-refractivity contribution in [3.05, 3.63) is 83.4 Å². The summed E-state index contributed by atoms with van der Waals surface area (Å²) in [4.78, 5) is 38.5. The van der Waals surface area contributed by atoms with E-state index < -0.39 is 0 Å². The SMILES string of the molecule is CCCC(=O)Nc1ccc(Cl)c(NC(=O)CNc2ccc(C(=O)N(C)c3ccccc3)cc2)c1. The average molecular weight is 479 g/mol. The minimum atomic E-state index is -0.303. The minimum absolute atomic E-state index is 0.0000381. The van der Waals surface area contributed by atoms with Gasteiger partial charge >= 0.3 is 0 Å². The summed E-state index contributed by atoms with van der Waals surface area (Å²) in [5, 5.41) is 8.91. The Hall–Kier alpha value is -3.84. The van der Waals surface area contributed by atoms with E-state index in [0.29, 0.717) is 34.1 Å². The van der Waals surface area contributed by atoms with Crippen LogP contribution in [0.5, 0.6) is 0 Å². The quantitative estimate of drug-likeness (QED) is 0.383. The standard InChI is InChI=1S/C26H27ClN4O3/c1-3-7-24(32)29-20-14-15-22(27)23(16-20)30-25(33)17-28-19-12-10-18(11-13-19)26(34)31(2)21-8-5-4-6-9-21/h4-6,8-16,28H,3,7,17H2,1-2H3,(H,29,32)(H,30,33). The lowest BCUT2D eigenvalue weighted by atomic mass is 10.1. The Morgan fingerprint density at radius 3 is 2.21 bits per heavy atom. The molecule has 0 atom stereocenters. The van der Waals surface area contributed by atoms with Crippen molar-refractivity contribution in [2.75, 3.05) is 34.4 Å². The number of carbonyl (C=O) groups excluding carboxylic acids is 3. The van der Waals surface area contributed by atoms with Crippen LogP contribution < -0.4 is 20.9 Å². The van der Waals surface area contributed by atoms with Gasteiger partial charge in [-0.2, -0.15) is 0 Å². The third-order valence-electron chi connectivity index (χ3n) is 5.03. The summed E-state index contributed by atoms with van der Waals surface area (Å²) in [7, 11) is 1.73. The van der Waals surface area contributed by atoms with E-state index in [1.165, 1.54) is 0 Å². The maximum Gasteiger partial charge on any atom is 0.258 e. The van der Waals surface area contributed by atoms with Crippen molar-refractivity contribution in [3.63, 3.8) is 0 Å². The monoisotopic (exact) mass is 478 g/mol. The molecule has 3 aromatic carbocycles. The van der Waals surface area contributed by atoms with Gasteiger partial charge in [-0.3, -0.25) is 14.4 Å². The van der Waals surface area contributed by atoms with Gasteiger partial charge in [0.1, 0.15) is 0 Å². The zero-order valence-electron chi connectivity index (χ0n) is 19.1. The molecule has 0 saturated carbocycles. The molecule has 0 aromatic heterocycles. The predicted molar refractivity (Wildman–Crippen MR) is 138 cm³/mol. The number of hydrogen-bond donors (Lipinski definition) is 3. The Morgan fingerprint density at radius 2 is 1.53 bits per heavy atom. The number of benzene rings is 3. The molecule has 0 unspecified atom stereocenters. The maximum atomic E-state index is 12.7. The van der Waals surface area contributed by atoms with E-state index in [9.17, 15) is 14.4 Å². The Labute approximate surface area is 204 Å². The third-order valence-corrected chi connectivity index (χ3v) is 5.36. The van der Waals surface area contributed by atoms with Crippen LogP contribution in [0.3, 0.4) is 0 Å². The first-order valence-electron chi connectivity index (χ1n) is 10.9. The average Bonchev–Trinajstić information content (AvgIpc) is 2.85. The van der Waals surface area contributed by atoms with Crippen LogP contribution >= 0.6 is 11.6 Å². The van der Waals surface area contributed by atoms with Gasteiger partial charge in [0.15, 0.2) is 0 Å². The van der Waals surface area contributed by atoms with Crippen molar-refractivity contribution in [1.82, 2.24) is 0 Å². The Kier molecular flexibility index (Phi) is 8.65. The molecule has 0 aliphatic carbocycles. The fourth-order valence-corrected chi connectivity index (χ4v) is 3.38. The molecule has 3 aromatic rings. The van der Waals surface area contributed by atoms with Crippen LogP contribution in [0, 0.1) is 0 Å². The number of halogens is 1. The molecular weight excluding hydrogens is 452 g/mol. The number of amides is 3. The summed E-state index contributed by atoms with van der Waals surface area (Å²) in [6.07, 6.45) is 1.16. The second-order valence-electron chi connectivity index (χ2n) is 7.67. The maximum absolute atomic E-state index is 12.7. The molecule has 34 heavy (non-hydrogen) atoms. The van der Waals surface area contributed by atoms with Gasteiger partial charge in [-0.05, 0) is 61.0 Å². The number of nitrogens with zero attached hydrogens (tertiary/aromatic N) is 1. The molecule has 0 aliphatic rings. The van der Waals surface area contributed by atoms with E-state index in [0.717, 1.165) is 12.1 Å². The summed E-state index contributed by atoms with van der Waals surface area (Å²) in [6, 6.07) is 21.2. The summed E-state index contributed by atoms with van der Waals surface area (Å²) >= 11 is 6.19. The molecule has 0 radical (unpaired) electrons. The van der Waals surface area contributed by atoms with Gasteiger partial charge in [0.05, 0.1) is 17.3 Å². The van der Waals surface area contributed by atoms with Crippen LogP contribution in [0.4, 0.5) is 22.7 Å². The molecule has 0 fully saturated rings. The smallest absolute Gasteiger partial charge is 0.258 e. The van der Waals surface area contributed by atoms with Crippen molar-refractivity contribution in [3.8, 4) is 0 Å². The molecule has 176 valence electrons. The number of carbonyl (C=O) groups is 3. The van der Waals surface area contributed by atoms with Gasteiger partial charge in [0.2, 0.25) is 11.8 Å². The van der Waals surface area contributed by atoms with Crippen LogP contribution in [0.25, 0.3) is 0 Å². The van der Waals surface area contributed by atoms with Gasteiger partial charge in [0, 0.05) is 36.1 Å². The lowest BCUT2D eigenvalue weighted by molar-refractivity contribution is -0.116. The Bertz CT molecular complexity index is 1150. The highest BCUT2D eigenvalue weighted by molar-refractivity contribution is 6.34. The summed E-state index contributed by atoms with van der Waals surface area (Å²) in [5.74, 6) is -0.528. The van der Waals surface area contributed by atoms with Crippen molar-refractivity contribution in [2.45, 2.75) is 19.8 Å². The fraction of sp³-hybridized carbons (Fsp3) is 0.192. The largest absolute Gasteiger partial charge is 0.376 e. The highest BCUT2D eigenvalue weighted by Gasteiger charge is 2.13. The molecule has 7 nitrogen and oxygen atoms in total. The predicted octanol–water partition coefficient (Wildman–Crippen LogP) is 5.41. The van der Waals surface area contributed by atoms with E-state index in [1.54, 1.807) is 54.4 Å². The van der Waals surface area contributed by atoms with Gasteiger partial charge in [0.25, 0.3) is 5.91 Å². The van der Waals surface area contributed by atoms with E-state index in [4.69, 9.17) is 11.6 Å². The van der Waals surface area contributed by atoms with E-state index in [2.05, 4.69) is 16.0 Å². The zero-order chi connectivity index (χ0) is 24.5. The van der Waals surface area contributed by atoms with E-state index in [1.807, 2.05) is 37.3 Å². The third kappa shape index (κ3) is 6.83. The molecule has 0 heterocycles. The number of nitrogens with one attached hydrogen (secondary N) is 3. The molecule has 3 amide bonds. The molecule has 0 aliphatic heterocycles. The first kappa shape index (κ1) is 24.8. The molecule has 0 spiro atoms. The highest BCUT2D eigenvalue weighted by Crippen LogP contribution is 2.26. The number of rotatable bonds is 9. The number of anilines is 4. The number of hydrogen-bond acceptors (Lipinski definition) is 4. The fourth-order valence-electron chi connectivity index (χ4n) is 3.22. The van der Waals surface area contributed by atoms with Crippen LogP contribution in [-0.2, 0) is 9.59 Å². The minimum Gasteiger partial charge on any atom is -0.376 e. The Morgan fingerprint density at radius 1 is 0.853 bits per heavy atom. The normalized spacial score (nSPS) is 10.3.